The van der Waals surface area contributed by atoms with E-state index >= 15 is 0 Å². The Bertz CT molecular complexity index is 1090. The van der Waals surface area contributed by atoms with Crippen LogP contribution in [0, 0.1) is 5.82 Å². The molecular formula is C23H24FN5O3. The topological polar surface area (TPSA) is 89.5 Å². The van der Waals surface area contributed by atoms with Gasteiger partial charge in [-0.15, -0.1) is 0 Å². The molecule has 4 rings (SSSR count). The second-order valence-electron chi connectivity index (χ2n) is 7.50. The van der Waals surface area contributed by atoms with E-state index in [1.54, 1.807) is 42.5 Å². The van der Waals surface area contributed by atoms with Gasteiger partial charge in [0, 0.05) is 12.6 Å². The largest absolute Gasteiger partial charge is 0.465 e. The van der Waals surface area contributed by atoms with Crippen molar-refractivity contribution in [2.45, 2.75) is 32.2 Å². The monoisotopic (exact) mass is 437 g/mol. The summed E-state index contributed by atoms with van der Waals surface area (Å²) in [6, 6.07) is 13.1. The molecule has 0 bridgehead atoms. The van der Waals surface area contributed by atoms with Gasteiger partial charge in [-0.25, -0.2) is 9.18 Å². The van der Waals surface area contributed by atoms with Gasteiger partial charge in [0.05, 0.1) is 18.4 Å². The number of carbonyl (C=O) groups excluding carboxylic acids is 1. The molecule has 0 amide bonds. The second-order valence-corrected chi connectivity index (χ2v) is 7.50. The minimum Gasteiger partial charge on any atom is -0.465 e. The van der Waals surface area contributed by atoms with E-state index in [1.165, 1.54) is 13.2 Å². The zero-order valence-corrected chi connectivity index (χ0v) is 17.9. The molecule has 1 saturated heterocycles. The minimum atomic E-state index is -0.436. The SMILES string of the molecule is COC(=O)c1ccc(Oc2nc(Nc3ccccc3F)nc(N3CCCCC3C)n2)cc1. The molecule has 166 valence electrons. The molecule has 1 aromatic heterocycles. The highest BCUT2D eigenvalue weighted by Gasteiger charge is 2.23. The van der Waals surface area contributed by atoms with Gasteiger partial charge in [0.2, 0.25) is 11.9 Å². The second kappa shape index (κ2) is 9.59. The molecule has 0 aliphatic carbocycles. The molecule has 1 N–H and O–H groups in total. The molecule has 1 fully saturated rings. The van der Waals surface area contributed by atoms with E-state index in [1.807, 2.05) is 0 Å². The number of nitrogens with one attached hydrogen (secondary N) is 1. The summed E-state index contributed by atoms with van der Waals surface area (Å²) in [5, 5.41) is 2.92. The Morgan fingerprint density at radius 1 is 1.09 bits per heavy atom. The van der Waals surface area contributed by atoms with Crippen LogP contribution in [0.25, 0.3) is 0 Å². The Hall–Kier alpha value is -3.75. The number of benzene rings is 2. The zero-order valence-electron chi connectivity index (χ0n) is 17.9. The molecule has 2 aromatic carbocycles. The van der Waals surface area contributed by atoms with Crippen molar-refractivity contribution in [3.05, 3.63) is 59.9 Å². The van der Waals surface area contributed by atoms with Crippen molar-refractivity contribution in [1.29, 1.82) is 0 Å². The lowest BCUT2D eigenvalue weighted by Gasteiger charge is -2.33. The molecule has 9 heteroatoms. The third-order valence-corrected chi connectivity index (χ3v) is 5.27. The Labute approximate surface area is 185 Å². The van der Waals surface area contributed by atoms with Crippen LogP contribution in [0.5, 0.6) is 11.8 Å². The number of halogens is 1. The Kier molecular flexibility index (Phi) is 6.44. The van der Waals surface area contributed by atoms with Crippen LogP contribution in [-0.2, 0) is 4.74 Å². The minimum absolute atomic E-state index is 0.0671. The summed E-state index contributed by atoms with van der Waals surface area (Å²) in [5.74, 6) is 0.237. The molecule has 1 aliphatic rings. The van der Waals surface area contributed by atoms with E-state index in [-0.39, 0.29) is 23.7 Å². The summed E-state index contributed by atoms with van der Waals surface area (Å²) in [6.07, 6.45) is 3.23. The third kappa shape index (κ3) is 4.93. The number of esters is 1. The fraction of sp³-hybridized carbons (Fsp3) is 0.304. The predicted molar refractivity (Wildman–Crippen MR) is 118 cm³/mol. The number of rotatable bonds is 6. The molecule has 1 atom stereocenters. The van der Waals surface area contributed by atoms with Gasteiger partial charge in [-0.05, 0) is 62.6 Å². The molecule has 0 spiro atoms. The highest BCUT2D eigenvalue weighted by molar-refractivity contribution is 5.89. The summed E-state index contributed by atoms with van der Waals surface area (Å²) in [7, 11) is 1.32. The van der Waals surface area contributed by atoms with Crippen LogP contribution in [-0.4, -0.2) is 40.6 Å². The first kappa shape index (κ1) is 21.5. The molecule has 2 heterocycles. The van der Waals surface area contributed by atoms with Gasteiger partial charge in [-0.3, -0.25) is 0 Å². The summed E-state index contributed by atoms with van der Waals surface area (Å²) in [4.78, 5) is 27.1. The average molecular weight is 437 g/mol. The van der Waals surface area contributed by atoms with Crippen LogP contribution in [0.2, 0.25) is 0 Å². The molecule has 1 unspecified atom stereocenters. The van der Waals surface area contributed by atoms with Crippen LogP contribution >= 0.6 is 0 Å². The maximum atomic E-state index is 14.2. The fourth-order valence-corrected chi connectivity index (χ4v) is 3.54. The number of piperidine rings is 1. The van der Waals surface area contributed by atoms with E-state index in [0.717, 1.165) is 25.8 Å². The highest BCUT2D eigenvalue weighted by atomic mass is 19.1. The van der Waals surface area contributed by atoms with Crippen molar-refractivity contribution in [3.8, 4) is 11.8 Å². The van der Waals surface area contributed by atoms with Crippen molar-refractivity contribution in [2.75, 3.05) is 23.9 Å². The van der Waals surface area contributed by atoms with Crippen LogP contribution in [0.3, 0.4) is 0 Å². The summed E-state index contributed by atoms with van der Waals surface area (Å²) >= 11 is 0. The predicted octanol–water partition coefficient (Wildman–Crippen LogP) is 4.71. The smallest absolute Gasteiger partial charge is 0.337 e. The first-order valence-corrected chi connectivity index (χ1v) is 10.4. The number of aromatic nitrogens is 3. The molecule has 0 saturated carbocycles. The van der Waals surface area contributed by atoms with Crippen molar-refractivity contribution in [1.82, 2.24) is 15.0 Å². The average Bonchev–Trinajstić information content (AvgIpc) is 2.81. The van der Waals surface area contributed by atoms with Gasteiger partial charge in [0.15, 0.2) is 0 Å². The van der Waals surface area contributed by atoms with E-state index in [2.05, 4.69) is 32.1 Å². The number of carbonyl (C=O) groups is 1. The number of hydrogen-bond acceptors (Lipinski definition) is 8. The lowest BCUT2D eigenvalue weighted by molar-refractivity contribution is 0.0600. The summed E-state index contributed by atoms with van der Waals surface area (Å²) in [5.41, 5.74) is 0.657. The normalized spacial score (nSPS) is 15.8. The van der Waals surface area contributed by atoms with Crippen LogP contribution in [0.1, 0.15) is 36.5 Å². The Morgan fingerprint density at radius 2 is 1.88 bits per heavy atom. The molecule has 1 aliphatic heterocycles. The van der Waals surface area contributed by atoms with E-state index in [9.17, 15) is 9.18 Å². The van der Waals surface area contributed by atoms with Crippen LogP contribution in [0.15, 0.2) is 48.5 Å². The molecule has 0 radical (unpaired) electrons. The number of methoxy groups -OCH3 is 1. The summed E-state index contributed by atoms with van der Waals surface area (Å²) < 4.78 is 24.7. The highest BCUT2D eigenvalue weighted by Crippen LogP contribution is 2.27. The van der Waals surface area contributed by atoms with Crippen molar-refractivity contribution >= 4 is 23.6 Å². The first-order chi connectivity index (χ1) is 15.5. The standard InChI is InChI=1S/C23H24FN5O3/c1-15-7-5-6-14-29(15)22-26-21(25-19-9-4-3-8-18(19)24)27-23(28-22)32-17-12-10-16(11-13-17)20(30)31-2/h3-4,8-13,15H,5-7,14H2,1-2H3,(H,25,26,27,28). The lowest BCUT2D eigenvalue weighted by atomic mass is 10.0. The van der Waals surface area contributed by atoms with Crippen LogP contribution in [0.4, 0.5) is 22.0 Å². The maximum Gasteiger partial charge on any atom is 0.337 e. The Balaban J connectivity index is 1.65. The molecule has 8 nitrogen and oxygen atoms in total. The van der Waals surface area contributed by atoms with E-state index in [0.29, 0.717) is 17.3 Å². The summed E-state index contributed by atoms with van der Waals surface area (Å²) in [6.45, 7) is 2.94. The van der Waals surface area contributed by atoms with Gasteiger partial charge >= 0.3 is 12.0 Å². The quantitative estimate of drug-likeness (QED) is 0.555. The number of anilines is 3. The lowest BCUT2D eigenvalue weighted by Crippen LogP contribution is -2.38. The first-order valence-electron chi connectivity index (χ1n) is 10.4. The van der Waals surface area contributed by atoms with E-state index < -0.39 is 11.8 Å². The van der Waals surface area contributed by atoms with Crippen LogP contribution < -0.4 is 15.0 Å². The maximum absolute atomic E-state index is 14.2. The van der Waals surface area contributed by atoms with E-state index in [4.69, 9.17) is 9.47 Å². The number of para-hydroxylation sites is 1. The molecule has 32 heavy (non-hydrogen) atoms. The van der Waals surface area contributed by atoms with Gasteiger partial charge < -0.3 is 19.7 Å². The fourth-order valence-electron chi connectivity index (χ4n) is 3.54. The van der Waals surface area contributed by atoms with Crippen molar-refractivity contribution in [3.63, 3.8) is 0 Å². The number of hydrogen-bond donors (Lipinski definition) is 1. The Morgan fingerprint density at radius 3 is 2.59 bits per heavy atom. The van der Waals surface area contributed by atoms with Gasteiger partial charge in [0.1, 0.15) is 11.6 Å². The zero-order chi connectivity index (χ0) is 22.5. The van der Waals surface area contributed by atoms with Crippen molar-refractivity contribution in [2.24, 2.45) is 0 Å². The van der Waals surface area contributed by atoms with Gasteiger partial charge in [0.25, 0.3) is 0 Å². The third-order valence-electron chi connectivity index (χ3n) is 5.27. The van der Waals surface area contributed by atoms with Gasteiger partial charge in [-0.1, -0.05) is 12.1 Å². The number of ether oxygens (including phenoxy) is 2. The van der Waals surface area contributed by atoms with Gasteiger partial charge in [-0.2, -0.15) is 15.0 Å². The molecule has 3 aromatic rings. The molecular weight excluding hydrogens is 413 g/mol. The number of nitrogens with zero attached hydrogens (tertiary/aromatic N) is 4. The van der Waals surface area contributed by atoms with Crippen molar-refractivity contribution < 1.29 is 18.7 Å².